The molecular formula is C22H25N3O3S. The van der Waals surface area contributed by atoms with Gasteiger partial charge in [0.1, 0.15) is 11.4 Å². The number of likely N-dealkylation sites (tertiary alicyclic amines) is 1. The molecule has 1 aliphatic heterocycles. The molecule has 7 heteroatoms. The highest BCUT2D eigenvalue weighted by Gasteiger charge is 2.29. The van der Waals surface area contributed by atoms with Crippen LogP contribution < -0.4 is 10.1 Å². The average molecular weight is 412 g/mol. The monoisotopic (exact) mass is 411 g/mol. The smallest absolute Gasteiger partial charge is 0.270 e. The van der Waals surface area contributed by atoms with E-state index in [1.807, 2.05) is 58.3 Å². The third-order valence-corrected chi connectivity index (χ3v) is 6.51. The van der Waals surface area contributed by atoms with Crippen molar-refractivity contribution in [3.05, 3.63) is 53.0 Å². The second-order valence-electron chi connectivity index (χ2n) is 7.39. The number of nitrogens with one attached hydrogen (secondary N) is 1. The van der Waals surface area contributed by atoms with Gasteiger partial charge >= 0.3 is 0 Å². The highest BCUT2D eigenvalue weighted by Crippen LogP contribution is 2.26. The van der Waals surface area contributed by atoms with E-state index in [4.69, 9.17) is 4.74 Å². The Labute approximate surface area is 174 Å². The SMILES string of the molecule is COc1ccc(CNC(=O)C2CCN(C(=O)c3cc4sccc4n3C)CC2)cc1. The van der Waals surface area contributed by atoms with E-state index in [-0.39, 0.29) is 17.7 Å². The molecule has 2 aromatic heterocycles. The number of benzene rings is 1. The highest BCUT2D eigenvalue weighted by atomic mass is 32.1. The molecule has 29 heavy (non-hydrogen) atoms. The van der Waals surface area contributed by atoms with Gasteiger partial charge in [0, 0.05) is 32.6 Å². The molecule has 2 amide bonds. The normalized spacial score (nSPS) is 14.9. The second-order valence-corrected chi connectivity index (χ2v) is 8.34. The van der Waals surface area contributed by atoms with Crippen LogP contribution in [0.1, 0.15) is 28.9 Å². The Morgan fingerprint density at radius 2 is 1.90 bits per heavy atom. The summed E-state index contributed by atoms with van der Waals surface area (Å²) < 4.78 is 8.24. The van der Waals surface area contributed by atoms with Crippen LogP contribution in [0.4, 0.5) is 0 Å². The van der Waals surface area contributed by atoms with Gasteiger partial charge < -0.3 is 19.5 Å². The van der Waals surface area contributed by atoms with Crippen molar-refractivity contribution >= 4 is 33.4 Å². The van der Waals surface area contributed by atoms with Crippen LogP contribution in [0.15, 0.2) is 41.8 Å². The van der Waals surface area contributed by atoms with E-state index in [0.29, 0.717) is 38.2 Å². The zero-order valence-corrected chi connectivity index (χ0v) is 17.5. The first-order valence-electron chi connectivity index (χ1n) is 9.79. The molecule has 0 saturated carbocycles. The molecule has 1 N–H and O–H groups in total. The molecule has 152 valence electrons. The van der Waals surface area contributed by atoms with E-state index < -0.39 is 0 Å². The van der Waals surface area contributed by atoms with Crippen LogP contribution in [-0.4, -0.2) is 41.5 Å². The molecule has 3 aromatic rings. The summed E-state index contributed by atoms with van der Waals surface area (Å²) >= 11 is 1.64. The number of piperidine rings is 1. The number of hydrogen-bond acceptors (Lipinski definition) is 4. The molecular weight excluding hydrogens is 386 g/mol. The Hall–Kier alpha value is -2.80. The molecule has 0 radical (unpaired) electrons. The highest BCUT2D eigenvalue weighted by molar-refractivity contribution is 7.17. The third kappa shape index (κ3) is 4.00. The van der Waals surface area contributed by atoms with E-state index in [0.717, 1.165) is 21.5 Å². The van der Waals surface area contributed by atoms with Crippen molar-refractivity contribution in [1.29, 1.82) is 0 Å². The predicted octanol–water partition coefficient (Wildman–Crippen LogP) is 3.42. The van der Waals surface area contributed by atoms with Crippen molar-refractivity contribution in [2.75, 3.05) is 20.2 Å². The molecule has 1 saturated heterocycles. The Morgan fingerprint density at radius 3 is 2.55 bits per heavy atom. The topological polar surface area (TPSA) is 63.6 Å². The zero-order valence-electron chi connectivity index (χ0n) is 16.7. The number of carbonyl (C=O) groups is 2. The van der Waals surface area contributed by atoms with Gasteiger partial charge in [0.2, 0.25) is 5.91 Å². The van der Waals surface area contributed by atoms with Crippen LogP contribution in [0.3, 0.4) is 0 Å². The van der Waals surface area contributed by atoms with Gasteiger partial charge in [-0.3, -0.25) is 9.59 Å². The van der Waals surface area contributed by atoms with Crippen molar-refractivity contribution in [3.63, 3.8) is 0 Å². The van der Waals surface area contributed by atoms with Crippen LogP contribution >= 0.6 is 11.3 Å². The maximum Gasteiger partial charge on any atom is 0.270 e. The Morgan fingerprint density at radius 1 is 1.17 bits per heavy atom. The van der Waals surface area contributed by atoms with Gasteiger partial charge in [-0.1, -0.05) is 12.1 Å². The van der Waals surface area contributed by atoms with Gasteiger partial charge in [-0.25, -0.2) is 0 Å². The van der Waals surface area contributed by atoms with Crippen molar-refractivity contribution in [2.24, 2.45) is 13.0 Å². The summed E-state index contributed by atoms with van der Waals surface area (Å²) in [4.78, 5) is 27.3. The van der Waals surface area contributed by atoms with Crippen molar-refractivity contribution in [3.8, 4) is 5.75 Å². The molecule has 1 aromatic carbocycles. The van der Waals surface area contributed by atoms with Crippen LogP contribution in [0.5, 0.6) is 5.75 Å². The lowest BCUT2D eigenvalue weighted by atomic mass is 9.95. The number of rotatable bonds is 5. The van der Waals surface area contributed by atoms with Crippen LogP contribution in [0.2, 0.25) is 0 Å². The average Bonchev–Trinajstić information content (AvgIpc) is 3.35. The maximum atomic E-state index is 12.9. The van der Waals surface area contributed by atoms with Crippen LogP contribution in [-0.2, 0) is 18.4 Å². The standard InChI is InChI=1S/C22H25N3O3S/c1-24-18-9-12-29-20(18)13-19(24)22(27)25-10-7-16(8-11-25)21(26)23-14-15-3-5-17(28-2)6-4-15/h3-6,9,12-13,16H,7-8,10-11,14H2,1-2H3,(H,23,26). The van der Waals surface area contributed by atoms with Crippen molar-refractivity contribution in [2.45, 2.75) is 19.4 Å². The Balaban J connectivity index is 1.30. The fourth-order valence-corrected chi connectivity index (χ4v) is 4.69. The van der Waals surface area contributed by atoms with Crippen molar-refractivity contribution < 1.29 is 14.3 Å². The molecule has 6 nitrogen and oxygen atoms in total. The molecule has 0 spiro atoms. The summed E-state index contributed by atoms with van der Waals surface area (Å²) in [5.41, 5.74) is 2.84. The molecule has 0 bridgehead atoms. The van der Waals surface area contributed by atoms with E-state index in [9.17, 15) is 9.59 Å². The molecule has 1 aliphatic rings. The Bertz CT molecular complexity index is 1010. The van der Waals surface area contributed by atoms with E-state index >= 15 is 0 Å². The number of thiophene rings is 1. The number of carbonyl (C=O) groups excluding carboxylic acids is 2. The predicted molar refractivity (Wildman–Crippen MR) is 114 cm³/mol. The molecule has 3 heterocycles. The molecule has 4 rings (SSSR count). The van der Waals surface area contributed by atoms with Crippen LogP contribution in [0, 0.1) is 5.92 Å². The number of aromatic nitrogens is 1. The summed E-state index contributed by atoms with van der Waals surface area (Å²) in [6.45, 7) is 1.72. The minimum Gasteiger partial charge on any atom is -0.497 e. The zero-order chi connectivity index (χ0) is 20.4. The van der Waals surface area contributed by atoms with Gasteiger partial charge in [0.15, 0.2) is 0 Å². The molecule has 0 unspecified atom stereocenters. The summed E-state index contributed by atoms with van der Waals surface area (Å²) in [6.07, 6.45) is 1.39. The fraction of sp³-hybridized carbons (Fsp3) is 0.364. The fourth-order valence-electron chi connectivity index (χ4n) is 3.84. The summed E-state index contributed by atoms with van der Waals surface area (Å²) in [5, 5.41) is 5.06. The van der Waals surface area contributed by atoms with E-state index in [1.165, 1.54) is 0 Å². The Kier molecular flexibility index (Phi) is 5.58. The number of nitrogens with zero attached hydrogens (tertiary/aromatic N) is 2. The summed E-state index contributed by atoms with van der Waals surface area (Å²) in [7, 11) is 3.57. The van der Waals surface area contributed by atoms with Gasteiger partial charge in [0.25, 0.3) is 5.91 Å². The second kappa shape index (κ2) is 8.29. The van der Waals surface area contributed by atoms with E-state index in [1.54, 1.807) is 18.4 Å². The van der Waals surface area contributed by atoms with Gasteiger partial charge in [-0.05, 0) is 48.1 Å². The number of methoxy groups -OCH3 is 1. The minimum absolute atomic E-state index is 0.0470. The number of ether oxygens (including phenoxy) is 1. The van der Waals surface area contributed by atoms with E-state index in [2.05, 4.69) is 5.32 Å². The summed E-state index contributed by atoms with van der Waals surface area (Å²) in [5.74, 6) is 0.865. The first-order chi connectivity index (χ1) is 14.1. The number of amides is 2. The van der Waals surface area contributed by atoms with Crippen LogP contribution in [0.25, 0.3) is 10.2 Å². The molecule has 1 fully saturated rings. The number of aryl methyl sites for hydroxylation is 1. The first kappa shape index (κ1) is 19.5. The largest absolute Gasteiger partial charge is 0.497 e. The lowest BCUT2D eigenvalue weighted by Gasteiger charge is -2.31. The maximum absolute atomic E-state index is 12.9. The lowest BCUT2D eigenvalue weighted by Crippen LogP contribution is -2.43. The molecule has 0 atom stereocenters. The first-order valence-corrected chi connectivity index (χ1v) is 10.7. The van der Waals surface area contributed by atoms with Gasteiger partial charge in [0.05, 0.1) is 17.3 Å². The number of fused-ring (bicyclic) bond motifs is 1. The number of hydrogen-bond donors (Lipinski definition) is 1. The lowest BCUT2D eigenvalue weighted by molar-refractivity contribution is -0.126. The van der Waals surface area contributed by atoms with Crippen molar-refractivity contribution in [1.82, 2.24) is 14.8 Å². The minimum atomic E-state index is -0.0470. The van der Waals surface area contributed by atoms with Gasteiger partial charge in [-0.2, -0.15) is 0 Å². The molecule has 0 aliphatic carbocycles. The van der Waals surface area contributed by atoms with Gasteiger partial charge in [-0.15, -0.1) is 11.3 Å². The third-order valence-electron chi connectivity index (χ3n) is 5.66. The summed E-state index contributed by atoms with van der Waals surface area (Å²) in [6, 6.07) is 11.7. The quantitative estimate of drug-likeness (QED) is 0.700.